The van der Waals surface area contributed by atoms with Gasteiger partial charge >= 0.3 is 0 Å². The topological polar surface area (TPSA) is 76.0 Å². The lowest BCUT2D eigenvalue weighted by atomic mass is 10.1. The molecule has 0 unspecified atom stereocenters. The second kappa shape index (κ2) is 6.06. The summed E-state index contributed by atoms with van der Waals surface area (Å²) >= 11 is 5.92. The molecular formula is C17H11ClN2O3. The van der Waals surface area contributed by atoms with Crippen LogP contribution in [0, 0.1) is 10.1 Å². The van der Waals surface area contributed by atoms with Crippen molar-refractivity contribution < 1.29 is 9.72 Å². The van der Waals surface area contributed by atoms with Crippen molar-refractivity contribution in [1.29, 1.82) is 0 Å². The van der Waals surface area contributed by atoms with Crippen molar-refractivity contribution in [3.05, 3.63) is 81.0 Å². The number of carbonyl (C=O) groups is 1. The summed E-state index contributed by atoms with van der Waals surface area (Å²) in [5.74, 6) is -0.190. The zero-order chi connectivity index (χ0) is 16.4. The van der Waals surface area contributed by atoms with E-state index in [1.165, 1.54) is 18.2 Å². The van der Waals surface area contributed by atoms with Crippen molar-refractivity contribution >= 4 is 40.1 Å². The quantitative estimate of drug-likeness (QED) is 0.329. The highest BCUT2D eigenvalue weighted by molar-refractivity contribution is 6.31. The maximum absolute atomic E-state index is 12.3. The number of aromatic amines is 1. The van der Waals surface area contributed by atoms with Crippen molar-refractivity contribution in [1.82, 2.24) is 4.98 Å². The summed E-state index contributed by atoms with van der Waals surface area (Å²) in [5.41, 5.74) is 1.89. The van der Waals surface area contributed by atoms with Crippen LogP contribution >= 0.6 is 11.6 Å². The molecule has 0 amide bonds. The van der Waals surface area contributed by atoms with E-state index >= 15 is 0 Å². The van der Waals surface area contributed by atoms with E-state index in [2.05, 4.69) is 4.98 Å². The van der Waals surface area contributed by atoms with Gasteiger partial charge in [-0.2, -0.15) is 0 Å². The highest BCUT2D eigenvalue weighted by Gasteiger charge is 2.10. The van der Waals surface area contributed by atoms with Gasteiger partial charge in [-0.15, -0.1) is 0 Å². The summed E-state index contributed by atoms with van der Waals surface area (Å²) < 4.78 is 0. The number of aromatic nitrogens is 1. The molecule has 3 rings (SSSR count). The fourth-order valence-corrected chi connectivity index (χ4v) is 2.48. The molecule has 0 bridgehead atoms. The van der Waals surface area contributed by atoms with Gasteiger partial charge in [0.05, 0.1) is 4.92 Å². The first kappa shape index (κ1) is 15.0. The Hall–Kier alpha value is -2.92. The Kier molecular flexibility index (Phi) is 3.95. The number of non-ortho nitro benzene ring substituents is 1. The maximum Gasteiger partial charge on any atom is 0.270 e. The first-order chi connectivity index (χ1) is 11.0. The van der Waals surface area contributed by atoms with E-state index in [4.69, 9.17) is 11.6 Å². The summed E-state index contributed by atoms with van der Waals surface area (Å²) in [6, 6.07) is 11.3. The van der Waals surface area contributed by atoms with Gasteiger partial charge in [-0.1, -0.05) is 35.9 Å². The first-order valence-corrected chi connectivity index (χ1v) is 7.16. The number of nitro groups is 1. The van der Waals surface area contributed by atoms with E-state index in [1.807, 2.05) is 0 Å². The second-order valence-electron chi connectivity index (χ2n) is 4.94. The number of carbonyl (C=O) groups excluding carboxylic acids is 1. The number of hydrogen-bond donors (Lipinski definition) is 1. The van der Waals surface area contributed by atoms with Gasteiger partial charge in [-0.3, -0.25) is 14.9 Å². The van der Waals surface area contributed by atoms with Crippen LogP contribution in [0.4, 0.5) is 5.69 Å². The summed E-state index contributed by atoms with van der Waals surface area (Å²) in [6.07, 6.45) is 4.58. The number of halogens is 1. The third kappa shape index (κ3) is 3.14. The number of ketones is 1. The summed E-state index contributed by atoms with van der Waals surface area (Å²) in [4.78, 5) is 25.6. The number of nitrogens with zero attached hydrogens (tertiary/aromatic N) is 1. The number of H-pyrrole nitrogens is 1. The fourth-order valence-electron chi connectivity index (χ4n) is 2.31. The molecule has 0 saturated carbocycles. The van der Waals surface area contributed by atoms with E-state index in [9.17, 15) is 14.9 Å². The van der Waals surface area contributed by atoms with E-state index in [1.54, 1.807) is 42.6 Å². The SMILES string of the molecule is O=C(C=Cc1cccc([N+](=O)[O-])c1)c1c[nH]c2cc(Cl)ccc12. The third-order valence-electron chi connectivity index (χ3n) is 3.42. The predicted octanol–water partition coefficient (Wildman–Crippen LogP) is 4.63. The smallest absolute Gasteiger partial charge is 0.270 e. The lowest BCUT2D eigenvalue weighted by Crippen LogP contribution is -1.92. The molecule has 1 N–H and O–H groups in total. The molecule has 0 atom stereocenters. The highest BCUT2D eigenvalue weighted by atomic mass is 35.5. The number of nitro benzene ring substituents is 1. The number of fused-ring (bicyclic) bond motifs is 1. The molecular weight excluding hydrogens is 316 g/mol. The van der Waals surface area contributed by atoms with Crippen LogP contribution in [-0.4, -0.2) is 15.7 Å². The minimum atomic E-state index is -0.470. The second-order valence-corrected chi connectivity index (χ2v) is 5.38. The first-order valence-electron chi connectivity index (χ1n) is 6.78. The monoisotopic (exact) mass is 326 g/mol. The molecule has 0 aliphatic heterocycles. The molecule has 0 aliphatic carbocycles. The van der Waals surface area contributed by atoms with Crippen LogP contribution in [0.25, 0.3) is 17.0 Å². The molecule has 0 fully saturated rings. The number of rotatable bonds is 4. The molecule has 1 heterocycles. The molecule has 6 heteroatoms. The van der Waals surface area contributed by atoms with Gasteiger partial charge < -0.3 is 4.98 Å². The van der Waals surface area contributed by atoms with Crippen LogP contribution in [0.1, 0.15) is 15.9 Å². The van der Waals surface area contributed by atoms with Crippen LogP contribution in [-0.2, 0) is 0 Å². The van der Waals surface area contributed by atoms with Gasteiger partial charge in [0.1, 0.15) is 0 Å². The predicted molar refractivity (Wildman–Crippen MR) is 89.8 cm³/mol. The van der Waals surface area contributed by atoms with Crippen molar-refractivity contribution in [2.45, 2.75) is 0 Å². The van der Waals surface area contributed by atoms with Crippen LogP contribution in [0.5, 0.6) is 0 Å². The van der Waals surface area contributed by atoms with E-state index in [-0.39, 0.29) is 11.5 Å². The Morgan fingerprint density at radius 3 is 2.83 bits per heavy atom. The fraction of sp³-hybridized carbons (Fsp3) is 0. The Morgan fingerprint density at radius 1 is 1.22 bits per heavy atom. The number of nitrogens with one attached hydrogen (secondary N) is 1. The third-order valence-corrected chi connectivity index (χ3v) is 3.65. The number of hydrogen-bond acceptors (Lipinski definition) is 3. The zero-order valence-electron chi connectivity index (χ0n) is 11.8. The minimum Gasteiger partial charge on any atom is -0.360 e. The molecule has 0 saturated heterocycles. The van der Waals surface area contributed by atoms with Gasteiger partial charge in [0.25, 0.3) is 5.69 Å². The molecule has 114 valence electrons. The van der Waals surface area contributed by atoms with Crippen molar-refractivity contribution in [2.75, 3.05) is 0 Å². The summed E-state index contributed by atoms with van der Waals surface area (Å²) in [5, 5.41) is 12.1. The lowest BCUT2D eigenvalue weighted by Gasteiger charge is -1.96. The van der Waals surface area contributed by atoms with Crippen LogP contribution in [0.2, 0.25) is 5.02 Å². The van der Waals surface area contributed by atoms with E-state index < -0.39 is 4.92 Å². The van der Waals surface area contributed by atoms with Crippen LogP contribution < -0.4 is 0 Å². The molecule has 2 aromatic carbocycles. The van der Waals surface area contributed by atoms with Crippen molar-refractivity contribution in [2.24, 2.45) is 0 Å². The van der Waals surface area contributed by atoms with Gasteiger partial charge in [0.15, 0.2) is 5.78 Å². The van der Waals surface area contributed by atoms with Gasteiger partial charge in [-0.05, 0) is 23.8 Å². The van der Waals surface area contributed by atoms with E-state index in [0.29, 0.717) is 16.1 Å². The average molecular weight is 327 g/mol. The molecule has 0 radical (unpaired) electrons. The van der Waals surface area contributed by atoms with Crippen LogP contribution in [0.15, 0.2) is 54.7 Å². The number of allylic oxidation sites excluding steroid dienone is 1. The van der Waals surface area contributed by atoms with E-state index in [0.717, 1.165) is 10.9 Å². The van der Waals surface area contributed by atoms with Crippen LogP contribution in [0.3, 0.4) is 0 Å². The standard InChI is InChI=1S/C17H11ClN2O3/c18-12-5-6-14-15(10-19-16(14)9-12)17(21)7-4-11-2-1-3-13(8-11)20(22)23/h1-10,19H. The average Bonchev–Trinajstić information content (AvgIpc) is 2.95. The molecule has 0 spiro atoms. The largest absolute Gasteiger partial charge is 0.360 e. The lowest BCUT2D eigenvalue weighted by molar-refractivity contribution is -0.384. The Bertz CT molecular complexity index is 944. The summed E-state index contributed by atoms with van der Waals surface area (Å²) in [7, 11) is 0. The molecule has 1 aromatic heterocycles. The summed E-state index contributed by atoms with van der Waals surface area (Å²) in [6.45, 7) is 0. The number of benzene rings is 2. The Morgan fingerprint density at radius 2 is 2.04 bits per heavy atom. The Balaban J connectivity index is 1.88. The molecule has 5 nitrogen and oxygen atoms in total. The van der Waals surface area contributed by atoms with Gasteiger partial charge in [0.2, 0.25) is 0 Å². The van der Waals surface area contributed by atoms with Crippen molar-refractivity contribution in [3.63, 3.8) is 0 Å². The normalized spacial score (nSPS) is 11.2. The highest BCUT2D eigenvalue weighted by Crippen LogP contribution is 2.23. The molecule has 3 aromatic rings. The van der Waals surface area contributed by atoms with Gasteiger partial charge in [-0.25, -0.2) is 0 Å². The molecule has 23 heavy (non-hydrogen) atoms. The Labute approximate surface area is 136 Å². The zero-order valence-corrected chi connectivity index (χ0v) is 12.6. The minimum absolute atomic E-state index is 0.0127. The maximum atomic E-state index is 12.3. The van der Waals surface area contributed by atoms with Crippen molar-refractivity contribution in [3.8, 4) is 0 Å². The molecule has 0 aliphatic rings. The van der Waals surface area contributed by atoms with Gasteiger partial charge in [0, 0.05) is 39.8 Å².